The first-order chi connectivity index (χ1) is 8.81. The van der Waals surface area contributed by atoms with Crippen LogP contribution in [-0.2, 0) is 6.42 Å². The molecule has 0 saturated carbocycles. The van der Waals surface area contributed by atoms with Crippen LogP contribution >= 0.6 is 11.6 Å². The molecule has 8 heteroatoms. The van der Waals surface area contributed by atoms with E-state index in [4.69, 9.17) is 11.6 Å². The first kappa shape index (κ1) is 15.8. The van der Waals surface area contributed by atoms with Crippen molar-refractivity contribution in [3.05, 3.63) is 23.8 Å². The molecular weight excluding hydrogens is 295 g/mol. The number of alkyl halides is 6. The third-order valence-corrected chi connectivity index (χ3v) is 2.32. The fourth-order valence-electron chi connectivity index (χ4n) is 1.38. The van der Waals surface area contributed by atoms with E-state index in [0.717, 1.165) is 12.1 Å². The van der Waals surface area contributed by atoms with Crippen LogP contribution in [0.1, 0.15) is 12.0 Å². The summed E-state index contributed by atoms with van der Waals surface area (Å²) in [4.78, 5) is 0. The fraction of sp³-hybridized carbons (Fsp3) is 0.455. The molecule has 1 aromatic carbocycles. The maximum absolute atomic E-state index is 12.1. The smallest absolute Gasteiger partial charge is 0.431 e. The standard InChI is InChI=1S/C11H10ClF5O2/c12-5-1-2-7-3-4-8(19-11(15,16)17)9(6-7)18-10(13)14/h3-4,6,10H,1-2,5H2. The van der Waals surface area contributed by atoms with Gasteiger partial charge in [-0.3, -0.25) is 0 Å². The Labute approximate surface area is 111 Å². The van der Waals surface area contributed by atoms with Crippen molar-refractivity contribution in [1.82, 2.24) is 0 Å². The summed E-state index contributed by atoms with van der Waals surface area (Å²) in [5.41, 5.74) is 0.533. The highest BCUT2D eigenvalue weighted by Gasteiger charge is 2.32. The summed E-state index contributed by atoms with van der Waals surface area (Å²) in [5.74, 6) is -1.10. The van der Waals surface area contributed by atoms with Crippen molar-refractivity contribution in [3.63, 3.8) is 0 Å². The molecule has 0 aliphatic rings. The predicted octanol–water partition coefficient (Wildman–Crippen LogP) is 4.36. The van der Waals surface area contributed by atoms with E-state index in [1.54, 1.807) is 0 Å². The molecule has 0 spiro atoms. The molecule has 0 unspecified atom stereocenters. The molecule has 108 valence electrons. The maximum atomic E-state index is 12.1. The van der Waals surface area contributed by atoms with Gasteiger partial charge in [-0.1, -0.05) is 6.07 Å². The highest BCUT2D eigenvalue weighted by atomic mass is 35.5. The van der Waals surface area contributed by atoms with Crippen LogP contribution in [0.3, 0.4) is 0 Å². The average Bonchev–Trinajstić information content (AvgIpc) is 2.27. The maximum Gasteiger partial charge on any atom is 0.573 e. The molecule has 0 bridgehead atoms. The zero-order valence-corrected chi connectivity index (χ0v) is 10.3. The lowest BCUT2D eigenvalue weighted by Crippen LogP contribution is -2.18. The molecule has 19 heavy (non-hydrogen) atoms. The molecule has 0 amide bonds. The van der Waals surface area contributed by atoms with Crippen LogP contribution in [0.2, 0.25) is 0 Å². The number of benzene rings is 1. The Balaban J connectivity index is 2.95. The first-order valence-electron chi connectivity index (χ1n) is 5.21. The number of ether oxygens (including phenoxy) is 2. The van der Waals surface area contributed by atoms with Gasteiger partial charge < -0.3 is 9.47 Å². The molecular formula is C11H10ClF5O2. The third kappa shape index (κ3) is 5.96. The molecule has 0 heterocycles. The predicted molar refractivity (Wildman–Crippen MR) is 58.8 cm³/mol. The van der Waals surface area contributed by atoms with Gasteiger partial charge in [-0.2, -0.15) is 8.78 Å². The SMILES string of the molecule is FC(F)Oc1cc(CCCCl)ccc1OC(F)(F)F. The summed E-state index contributed by atoms with van der Waals surface area (Å²) >= 11 is 5.47. The quantitative estimate of drug-likeness (QED) is 0.574. The lowest BCUT2D eigenvalue weighted by molar-refractivity contribution is -0.275. The van der Waals surface area contributed by atoms with Gasteiger partial charge in [0.05, 0.1) is 0 Å². The zero-order valence-electron chi connectivity index (χ0n) is 9.52. The van der Waals surface area contributed by atoms with E-state index >= 15 is 0 Å². The second-order valence-electron chi connectivity index (χ2n) is 3.50. The summed E-state index contributed by atoms with van der Waals surface area (Å²) in [5, 5.41) is 0. The summed E-state index contributed by atoms with van der Waals surface area (Å²) in [6.07, 6.45) is -3.97. The van der Waals surface area contributed by atoms with Crippen molar-refractivity contribution in [2.24, 2.45) is 0 Å². The average molecular weight is 305 g/mol. The van der Waals surface area contributed by atoms with Gasteiger partial charge in [-0.05, 0) is 30.5 Å². The highest BCUT2D eigenvalue weighted by Crippen LogP contribution is 2.34. The lowest BCUT2D eigenvalue weighted by atomic mass is 10.1. The minimum atomic E-state index is -4.97. The first-order valence-corrected chi connectivity index (χ1v) is 5.74. The molecule has 0 atom stereocenters. The van der Waals surface area contributed by atoms with Gasteiger partial charge in [0.15, 0.2) is 11.5 Å². The Morgan fingerprint density at radius 1 is 1.16 bits per heavy atom. The van der Waals surface area contributed by atoms with E-state index in [2.05, 4.69) is 9.47 Å². The summed E-state index contributed by atoms with van der Waals surface area (Å²) in [7, 11) is 0. The van der Waals surface area contributed by atoms with Crippen LogP contribution in [-0.4, -0.2) is 18.9 Å². The summed E-state index contributed by atoms with van der Waals surface area (Å²) < 4.78 is 68.1. The lowest BCUT2D eigenvalue weighted by Gasteiger charge is -2.14. The fourth-order valence-corrected chi connectivity index (χ4v) is 1.51. The molecule has 1 rings (SSSR count). The molecule has 0 aromatic heterocycles. The van der Waals surface area contributed by atoms with Gasteiger partial charge in [0.25, 0.3) is 0 Å². The van der Waals surface area contributed by atoms with Gasteiger partial charge in [-0.15, -0.1) is 24.8 Å². The van der Waals surface area contributed by atoms with E-state index in [1.807, 2.05) is 0 Å². The molecule has 0 N–H and O–H groups in total. The van der Waals surface area contributed by atoms with Crippen LogP contribution in [0.5, 0.6) is 11.5 Å². The largest absolute Gasteiger partial charge is 0.573 e. The van der Waals surface area contributed by atoms with E-state index in [0.29, 0.717) is 24.3 Å². The minimum Gasteiger partial charge on any atom is -0.431 e. The van der Waals surface area contributed by atoms with Gasteiger partial charge in [0.1, 0.15) is 0 Å². The Kier molecular flexibility index (Phi) is 5.65. The third-order valence-electron chi connectivity index (χ3n) is 2.05. The Hall–Kier alpha value is -1.24. The number of rotatable bonds is 6. The van der Waals surface area contributed by atoms with Crippen molar-refractivity contribution >= 4 is 11.6 Å². The Morgan fingerprint density at radius 3 is 2.37 bits per heavy atom. The van der Waals surface area contributed by atoms with Crippen LogP contribution < -0.4 is 9.47 Å². The number of hydrogen-bond acceptors (Lipinski definition) is 2. The van der Waals surface area contributed by atoms with E-state index in [-0.39, 0.29) is 0 Å². The van der Waals surface area contributed by atoms with Gasteiger partial charge in [0, 0.05) is 5.88 Å². The van der Waals surface area contributed by atoms with Crippen molar-refractivity contribution in [2.45, 2.75) is 25.8 Å². The molecule has 0 radical (unpaired) electrons. The minimum absolute atomic E-state index is 0.353. The monoisotopic (exact) mass is 304 g/mol. The van der Waals surface area contributed by atoms with Gasteiger partial charge in [-0.25, -0.2) is 0 Å². The van der Waals surface area contributed by atoms with Crippen molar-refractivity contribution in [2.75, 3.05) is 5.88 Å². The Morgan fingerprint density at radius 2 is 1.84 bits per heavy atom. The number of halogens is 6. The summed E-state index contributed by atoms with van der Waals surface area (Å²) in [6.45, 7) is -3.24. The van der Waals surface area contributed by atoms with Crippen LogP contribution in [0.15, 0.2) is 18.2 Å². The topological polar surface area (TPSA) is 18.5 Å². The number of hydrogen-bond donors (Lipinski definition) is 0. The normalized spacial score (nSPS) is 11.7. The molecule has 0 saturated heterocycles. The summed E-state index contributed by atoms with van der Waals surface area (Å²) in [6, 6.07) is 3.36. The zero-order chi connectivity index (χ0) is 14.5. The van der Waals surface area contributed by atoms with Crippen molar-refractivity contribution in [1.29, 1.82) is 0 Å². The number of aryl methyl sites for hydroxylation is 1. The van der Waals surface area contributed by atoms with Crippen molar-refractivity contribution in [3.8, 4) is 11.5 Å². The molecule has 0 aliphatic carbocycles. The van der Waals surface area contributed by atoms with E-state index in [9.17, 15) is 22.0 Å². The second-order valence-corrected chi connectivity index (χ2v) is 3.88. The van der Waals surface area contributed by atoms with E-state index < -0.39 is 24.5 Å². The van der Waals surface area contributed by atoms with Crippen LogP contribution in [0.25, 0.3) is 0 Å². The molecule has 1 aromatic rings. The van der Waals surface area contributed by atoms with Crippen LogP contribution in [0.4, 0.5) is 22.0 Å². The molecule has 0 fully saturated rings. The molecule has 0 aliphatic heterocycles. The Bertz CT molecular complexity index is 409. The highest BCUT2D eigenvalue weighted by molar-refractivity contribution is 6.17. The van der Waals surface area contributed by atoms with Gasteiger partial charge in [0.2, 0.25) is 0 Å². The van der Waals surface area contributed by atoms with Crippen LogP contribution in [0, 0.1) is 0 Å². The van der Waals surface area contributed by atoms with Gasteiger partial charge >= 0.3 is 13.0 Å². The van der Waals surface area contributed by atoms with Crippen molar-refractivity contribution < 1.29 is 31.4 Å². The molecule has 2 nitrogen and oxygen atoms in total. The van der Waals surface area contributed by atoms with E-state index in [1.165, 1.54) is 6.07 Å². The second kappa shape index (κ2) is 6.79.